The van der Waals surface area contributed by atoms with Gasteiger partial charge in [0.1, 0.15) is 0 Å². The molecule has 0 heterocycles. The number of aryl methyl sites for hydroxylation is 1. The zero-order valence-corrected chi connectivity index (χ0v) is 14.5. The molecule has 0 amide bonds. The van der Waals surface area contributed by atoms with Gasteiger partial charge in [-0.1, -0.05) is 66.2 Å². The molecule has 4 heteroatoms. The molecule has 0 aliphatic heterocycles. The second kappa shape index (κ2) is 5.69. The second-order valence-corrected chi connectivity index (χ2v) is 7.77. The maximum atomic E-state index is 11.9. The van der Waals surface area contributed by atoms with Gasteiger partial charge < -0.3 is 0 Å². The molecule has 0 bridgehead atoms. The number of fused-ring (bicyclic) bond motifs is 3. The summed E-state index contributed by atoms with van der Waals surface area (Å²) in [5.41, 5.74) is 7.36. The summed E-state index contributed by atoms with van der Waals surface area (Å²) >= 11 is 0. The number of primary sulfonamides is 1. The predicted octanol–water partition coefficient (Wildman–Crippen LogP) is 4.21. The van der Waals surface area contributed by atoms with Crippen LogP contribution < -0.4 is 5.14 Å². The third-order valence-electron chi connectivity index (χ3n) is 4.50. The molecular weight excluding hydrogens is 330 g/mol. The van der Waals surface area contributed by atoms with Gasteiger partial charge in [-0.15, -0.1) is 0 Å². The molecule has 3 aromatic carbocycles. The largest absolute Gasteiger partial charge is 0.238 e. The van der Waals surface area contributed by atoms with E-state index in [9.17, 15) is 8.42 Å². The maximum absolute atomic E-state index is 11.9. The van der Waals surface area contributed by atoms with Gasteiger partial charge in [-0.2, -0.15) is 0 Å². The molecule has 2 N–H and O–H groups in total. The number of benzene rings is 3. The number of rotatable bonds is 2. The minimum absolute atomic E-state index is 0.139. The zero-order chi connectivity index (χ0) is 17.6. The smallest absolute Gasteiger partial charge is 0.225 e. The Labute approximate surface area is 147 Å². The SMILES string of the molecule is Cc1ccc2c(c1)-c1ccccc1C2=Cc1ccccc1S(N)(=O)=O. The van der Waals surface area contributed by atoms with Crippen LogP contribution in [0.1, 0.15) is 22.3 Å². The second-order valence-electron chi connectivity index (χ2n) is 6.24. The lowest BCUT2D eigenvalue weighted by atomic mass is 10.0. The molecule has 124 valence electrons. The van der Waals surface area contributed by atoms with Crippen molar-refractivity contribution in [3.63, 3.8) is 0 Å². The van der Waals surface area contributed by atoms with Crippen molar-refractivity contribution in [2.75, 3.05) is 0 Å². The van der Waals surface area contributed by atoms with E-state index in [4.69, 9.17) is 5.14 Å². The van der Waals surface area contributed by atoms with Crippen molar-refractivity contribution >= 4 is 21.7 Å². The van der Waals surface area contributed by atoms with Crippen LogP contribution in [0.4, 0.5) is 0 Å². The van der Waals surface area contributed by atoms with Crippen molar-refractivity contribution in [3.8, 4) is 11.1 Å². The summed E-state index contributed by atoms with van der Waals surface area (Å²) in [5, 5.41) is 5.38. The van der Waals surface area contributed by atoms with Crippen LogP contribution in [-0.2, 0) is 10.0 Å². The fourth-order valence-corrected chi connectivity index (χ4v) is 4.11. The van der Waals surface area contributed by atoms with Gasteiger partial charge in [-0.3, -0.25) is 0 Å². The van der Waals surface area contributed by atoms with Crippen LogP contribution in [0.2, 0.25) is 0 Å². The van der Waals surface area contributed by atoms with Crippen molar-refractivity contribution in [2.24, 2.45) is 5.14 Å². The Kier molecular flexibility index (Phi) is 3.60. The number of sulfonamides is 1. The highest BCUT2D eigenvalue weighted by Crippen LogP contribution is 2.45. The van der Waals surface area contributed by atoms with Crippen LogP contribution in [0.15, 0.2) is 71.6 Å². The Balaban J connectivity index is 2.01. The first-order valence-electron chi connectivity index (χ1n) is 7.99. The third-order valence-corrected chi connectivity index (χ3v) is 5.48. The highest BCUT2D eigenvalue weighted by Gasteiger charge is 2.23. The van der Waals surface area contributed by atoms with Crippen LogP contribution in [0.5, 0.6) is 0 Å². The van der Waals surface area contributed by atoms with E-state index in [1.165, 1.54) is 16.7 Å². The Hall–Kier alpha value is -2.69. The third kappa shape index (κ3) is 2.69. The van der Waals surface area contributed by atoms with Gasteiger partial charge in [0.15, 0.2) is 0 Å². The minimum Gasteiger partial charge on any atom is -0.225 e. The van der Waals surface area contributed by atoms with E-state index in [0.29, 0.717) is 5.56 Å². The van der Waals surface area contributed by atoms with Crippen LogP contribution in [0.25, 0.3) is 22.8 Å². The molecule has 0 spiro atoms. The summed E-state index contributed by atoms with van der Waals surface area (Å²) in [5.74, 6) is 0. The number of hydrogen-bond acceptors (Lipinski definition) is 2. The number of nitrogens with two attached hydrogens (primary N) is 1. The van der Waals surface area contributed by atoms with E-state index in [2.05, 4.69) is 37.3 Å². The lowest BCUT2D eigenvalue weighted by Gasteiger charge is -2.07. The van der Waals surface area contributed by atoms with Crippen molar-refractivity contribution in [1.29, 1.82) is 0 Å². The standard InChI is InChI=1S/C21H17NO2S/c1-14-10-11-18-19(12-14)16-7-3-4-8-17(16)20(18)13-15-6-2-5-9-21(15)25(22,23)24/h2-13H,1H3,(H2,22,23,24). The molecule has 3 aromatic rings. The Bertz CT molecular complexity index is 1130. The first kappa shape index (κ1) is 15.8. The molecule has 0 aromatic heterocycles. The molecule has 0 radical (unpaired) electrons. The van der Waals surface area contributed by atoms with Gasteiger partial charge in [0.05, 0.1) is 4.90 Å². The van der Waals surface area contributed by atoms with Crippen molar-refractivity contribution in [3.05, 3.63) is 89.0 Å². The summed E-state index contributed by atoms with van der Waals surface area (Å²) in [6.45, 7) is 2.07. The van der Waals surface area contributed by atoms with E-state index < -0.39 is 10.0 Å². The highest BCUT2D eigenvalue weighted by atomic mass is 32.2. The molecule has 3 nitrogen and oxygen atoms in total. The van der Waals surface area contributed by atoms with Crippen molar-refractivity contribution < 1.29 is 8.42 Å². The Morgan fingerprint density at radius 2 is 1.44 bits per heavy atom. The minimum atomic E-state index is -3.78. The molecule has 4 rings (SSSR count). The Morgan fingerprint density at radius 3 is 2.20 bits per heavy atom. The molecule has 25 heavy (non-hydrogen) atoms. The predicted molar refractivity (Wildman–Crippen MR) is 101 cm³/mol. The molecule has 0 atom stereocenters. The van der Waals surface area contributed by atoms with E-state index in [1.54, 1.807) is 18.2 Å². The molecule has 0 unspecified atom stereocenters. The topological polar surface area (TPSA) is 60.2 Å². The average Bonchev–Trinajstić information content (AvgIpc) is 2.88. The molecule has 1 aliphatic rings. The lowest BCUT2D eigenvalue weighted by Crippen LogP contribution is -2.13. The normalized spacial score (nSPS) is 14.4. The van der Waals surface area contributed by atoms with Gasteiger partial charge in [0.2, 0.25) is 10.0 Å². The summed E-state index contributed by atoms with van der Waals surface area (Å²) in [6, 6.07) is 21.3. The maximum Gasteiger partial charge on any atom is 0.238 e. The van der Waals surface area contributed by atoms with E-state index in [1.807, 2.05) is 24.3 Å². The van der Waals surface area contributed by atoms with Gasteiger partial charge in [-0.05, 0) is 52.5 Å². The van der Waals surface area contributed by atoms with E-state index in [0.717, 1.165) is 16.7 Å². The lowest BCUT2D eigenvalue weighted by molar-refractivity contribution is 0.597. The molecule has 0 fully saturated rings. The highest BCUT2D eigenvalue weighted by molar-refractivity contribution is 7.89. The summed E-state index contributed by atoms with van der Waals surface area (Å²) < 4.78 is 23.8. The molecular formula is C21H17NO2S. The first-order valence-corrected chi connectivity index (χ1v) is 9.54. The van der Waals surface area contributed by atoms with Gasteiger partial charge in [-0.25, -0.2) is 13.6 Å². The van der Waals surface area contributed by atoms with Crippen LogP contribution in [0, 0.1) is 6.92 Å². The Morgan fingerprint density at radius 1 is 0.800 bits per heavy atom. The first-order chi connectivity index (χ1) is 11.9. The summed E-state index contributed by atoms with van der Waals surface area (Å²) in [6.07, 6.45) is 1.92. The quantitative estimate of drug-likeness (QED) is 0.590. The number of hydrogen-bond donors (Lipinski definition) is 1. The van der Waals surface area contributed by atoms with E-state index >= 15 is 0 Å². The summed E-state index contributed by atoms with van der Waals surface area (Å²) in [7, 11) is -3.78. The molecule has 0 saturated heterocycles. The average molecular weight is 347 g/mol. The monoisotopic (exact) mass is 347 g/mol. The van der Waals surface area contributed by atoms with Crippen molar-refractivity contribution in [1.82, 2.24) is 0 Å². The fraction of sp³-hybridized carbons (Fsp3) is 0.0476. The fourth-order valence-electron chi connectivity index (χ4n) is 3.38. The van der Waals surface area contributed by atoms with Crippen molar-refractivity contribution in [2.45, 2.75) is 11.8 Å². The van der Waals surface area contributed by atoms with Gasteiger partial charge in [0.25, 0.3) is 0 Å². The zero-order valence-electron chi connectivity index (χ0n) is 13.7. The molecule has 1 aliphatic carbocycles. The van der Waals surface area contributed by atoms with E-state index in [-0.39, 0.29) is 4.90 Å². The summed E-state index contributed by atoms with van der Waals surface area (Å²) in [4.78, 5) is 0.139. The van der Waals surface area contributed by atoms with Gasteiger partial charge in [0, 0.05) is 0 Å². The van der Waals surface area contributed by atoms with Crippen LogP contribution >= 0.6 is 0 Å². The van der Waals surface area contributed by atoms with Crippen LogP contribution in [-0.4, -0.2) is 8.42 Å². The van der Waals surface area contributed by atoms with Crippen LogP contribution in [0.3, 0.4) is 0 Å². The molecule has 0 saturated carbocycles. The van der Waals surface area contributed by atoms with Gasteiger partial charge >= 0.3 is 0 Å².